The van der Waals surface area contributed by atoms with Crippen LogP contribution >= 0.6 is 0 Å². The highest BCUT2D eigenvalue weighted by Crippen LogP contribution is 2.36. The summed E-state index contributed by atoms with van der Waals surface area (Å²) in [6.45, 7) is 0. The zero-order valence-electron chi connectivity index (χ0n) is 8.85. The minimum absolute atomic E-state index is 0.167. The normalized spacial score (nSPS) is 29.6. The monoisotopic (exact) mass is 229 g/mol. The summed E-state index contributed by atoms with van der Waals surface area (Å²) >= 11 is 0. The fourth-order valence-electron chi connectivity index (χ4n) is 2.30. The smallest absolute Gasteiger partial charge is 0.129 e. The molecule has 88 valence electrons. The molecule has 1 nitrogen and oxygen atoms in total. The van der Waals surface area contributed by atoms with E-state index < -0.39 is 17.3 Å². The van der Waals surface area contributed by atoms with Crippen LogP contribution in [0.1, 0.15) is 24.8 Å². The van der Waals surface area contributed by atoms with E-state index in [0.29, 0.717) is 6.42 Å². The van der Waals surface area contributed by atoms with Crippen LogP contribution in [0.15, 0.2) is 18.2 Å². The fraction of sp³-hybridized carbons (Fsp3) is 0.500. The molecule has 0 bridgehead atoms. The van der Waals surface area contributed by atoms with Crippen LogP contribution in [0.4, 0.5) is 13.2 Å². The van der Waals surface area contributed by atoms with Gasteiger partial charge in [0.05, 0.1) is 0 Å². The Bertz CT molecular complexity index is 374. The summed E-state index contributed by atoms with van der Waals surface area (Å²) in [5, 5.41) is 0. The van der Waals surface area contributed by atoms with E-state index in [0.717, 1.165) is 12.1 Å². The van der Waals surface area contributed by atoms with Gasteiger partial charge in [0.25, 0.3) is 0 Å². The highest BCUT2D eigenvalue weighted by Gasteiger charge is 2.39. The highest BCUT2D eigenvalue weighted by atomic mass is 19.1. The van der Waals surface area contributed by atoms with Crippen molar-refractivity contribution in [2.75, 3.05) is 0 Å². The van der Waals surface area contributed by atoms with E-state index in [1.165, 1.54) is 6.07 Å². The van der Waals surface area contributed by atoms with Crippen LogP contribution in [-0.4, -0.2) is 11.7 Å². The van der Waals surface area contributed by atoms with Crippen LogP contribution in [0.25, 0.3) is 0 Å². The Morgan fingerprint density at radius 2 is 1.94 bits per heavy atom. The van der Waals surface area contributed by atoms with Crippen LogP contribution in [-0.2, 0) is 6.42 Å². The first-order chi connectivity index (χ1) is 7.50. The number of hydrogen-bond acceptors (Lipinski definition) is 1. The molecule has 16 heavy (non-hydrogen) atoms. The molecule has 0 amide bonds. The van der Waals surface area contributed by atoms with Crippen LogP contribution in [0, 0.1) is 11.6 Å². The summed E-state index contributed by atoms with van der Waals surface area (Å²) in [7, 11) is 0. The molecule has 1 saturated carbocycles. The zero-order valence-corrected chi connectivity index (χ0v) is 8.85. The molecule has 1 aromatic carbocycles. The first-order valence-corrected chi connectivity index (χ1v) is 5.38. The van der Waals surface area contributed by atoms with Crippen molar-refractivity contribution >= 4 is 0 Å². The van der Waals surface area contributed by atoms with Crippen LogP contribution in [0.2, 0.25) is 0 Å². The first kappa shape index (κ1) is 11.5. The number of benzene rings is 1. The Balaban J connectivity index is 2.21. The van der Waals surface area contributed by atoms with Gasteiger partial charge in [-0.1, -0.05) is 6.07 Å². The number of nitrogens with two attached hydrogens (primary N) is 1. The van der Waals surface area contributed by atoms with E-state index in [2.05, 4.69) is 0 Å². The predicted octanol–water partition coefficient (Wildman–Crippen LogP) is 2.73. The molecule has 1 aliphatic rings. The molecule has 0 saturated heterocycles. The van der Waals surface area contributed by atoms with Crippen molar-refractivity contribution in [2.24, 2.45) is 5.73 Å². The van der Waals surface area contributed by atoms with E-state index in [-0.39, 0.29) is 30.9 Å². The number of alkyl halides is 1. The summed E-state index contributed by atoms with van der Waals surface area (Å²) in [5.41, 5.74) is 3.89. The molecule has 1 fully saturated rings. The Labute approximate surface area is 92.5 Å². The summed E-state index contributed by atoms with van der Waals surface area (Å²) in [6, 6.07) is 3.38. The Hall–Kier alpha value is -1.03. The van der Waals surface area contributed by atoms with Gasteiger partial charge in [-0.15, -0.1) is 0 Å². The summed E-state index contributed by atoms with van der Waals surface area (Å²) in [5.74, 6) is -1.37. The average molecular weight is 229 g/mol. The van der Waals surface area contributed by atoms with Crippen LogP contribution in [0.3, 0.4) is 0 Å². The second-order valence-corrected chi connectivity index (χ2v) is 4.53. The van der Waals surface area contributed by atoms with Gasteiger partial charge in [-0.3, -0.25) is 0 Å². The maximum absolute atomic E-state index is 14.2. The molecule has 1 aliphatic carbocycles. The Morgan fingerprint density at radius 1 is 1.31 bits per heavy atom. The van der Waals surface area contributed by atoms with Gasteiger partial charge in [-0.2, -0.15) is 0 Å². The van der Waals surface area contributed by atoms with Crippen molar-refractivity contribution in [3.8, 4) is 0 Å². The predicted molar refractivity (Wildman–Crippen MR) is 55.7 cm³/mol. The molecule has 0 aromatic heterocycles. The maximum atomic E-state index is 14.2. The lowest BCUT2D eigenvalue weighted by Gasteiger charge is -2.19. The third-order valence-corrected chi connectivity index (χ3v) is 3.15. The lowest BCUT2D eigenvalue weighted by molar-refractivity contribution is 0.167. The molecular weight excluding hydrogens is 215 g/mol. The molecule has 0 aliphatic heterocycles. The van der Waals surface area contributed by atoms with Gasteiger partial charge in [-0.25, -0.2) is 13.2 Å². The molecule has 2 N–H and O–H groups in total. The minimum Gasteiger partial charge on any atom is -0.328 e. The Kier molecular flexibility index (Phi) is 2.93. The molecular formula is C12H14F3N. The van der Waals surface area contributed by atoms with Crippen molar-refractivity contribution in [1.82, 2.24) is 0 Å². The van der Waals surface area contributed by atoms with Gasteiger partial charge >= 0.3 is 0 Å². The minimum atomic E-state index is -1.55. The van der Waals surface area contributed by atoms with Gasteiger partial charge < -0.3 is 5.73 Å². The van der Waals surface area contributed by atoms with E-state index in [1.54, 1.807) is 0 Å². The number of hydrogen-bond donors (Lipinski definition) is 1. The summed E-state index contributed by atoms with van der Waals surface area (Å²) in [6.07, 6.45) is 0.814. The lowest BCUT2D eigenvalue weighted by Crippen LogP contribution is -2.26. The van der Waals surface area contributed by atoms with Crippen molar-refractivity contribution < 1.29 is 13.2 Å². The van der Waals surface area contributed by atoms with Gasteiger partial charge in [0, 0.05) is 18.0 Å². The van der Waals surface area contributed by atoms with Gasteiger partial charge in [0.1, 0.15) is 17.3 Å². The largest absolute Gasteiger partial charge is 0.328 e. The van der Waals surface area contributed by atoms with Crippen molar-refractivity contribution in [2.45, 2.75) is 37.4 Å². The lowest BCUT2D eigenvalue weighted by atomic mass is 9.94. The van der Waals surface area contributed by atoms with E-state index in [4.69, 9.17) is 5.73 Å². The molecule has 2 atom stereocenters. The van der Waals surface area contributed by atoms with Gasteiger partial charge in [0.2, 0.25) is 0 Å². The average Bonchev–Trinajstić information content (AvgIpc) is 2.53. The SMILES string of the molecule is NC1CCC(F)(Cc2c(F)cccc2F)C1. The van der Waals surface area contributed by atoms with E-state index >= 15 is 0 Å². The topological polar surface area (TPSA) is 26.0 Å². The zero-order chi connectivity index (χ0) is 11.8. The first-order valence-electron chi connectivity index (χ1n) is 5.38. The number of rotatable bonds is 2. The summed E-state index contributed by atoms with van der Waals surface area (Å²) in [4.78, 5) is 0. The highest BCUT2D eigenvalue weighted by molar-refractivity contribution is 5.22. The van der Waals surface area contributed by atoms with Gasteiger partial charge in [0.15, 0.2) is 0 Å². The van der Waals surface area contributed by atoms with Crippen LogP contribution < -0.4 is 5.73 Å². The summed E-state index contributed by atoms with van der Waals surface area (Å²) < 4.78 is 40.9. The molecule has 0 radical (unpaired) electrons. The molecule has 2 unspecified atom stereocenters. The molecule has 4 heteroatoms. The molecule has 0 heterocycles. The maximum Gasteiger partial charge on any atom is 0.129 e. The number of halogens is 3. The second kappa shape index (κ2) is 4.09. The fourth-order valence-corrected chi connectivity index (χ4v) is 2.30. The van der Waals surface area contributed by atoms with E-state index in [1.807, 2.05) is 0 Å². The quantitative estimate of drug-likeness (QED) is 0.829. The third-order valence-electron chi connectivity index (χ3n) is 3.15. The van der Waals surface area contributed by atoms with Crippen molar-refractivity contribution in [3.63, 3.8) is 0 Å². The van der Waals surface area contributed by atoms with Gasteiger partial charge in [-0.05, 0) is 31.4 Å². The van der Waals surface area contributed by atoms with Crippen molar-refractivity contribution in [1.29, 1.82) is 0 Å². The van der Waals surface area contributed by atoms with Crippen molar-refractivity contribution in [3.05, 3.63) is 35.4 Å². The molecule has 1 aromatic rings. The van der Waals surface area contributed by atoms with Crippen LogP contribution in [0.5, 0.6) is 0 Å². The standard InChI is InChI=1S/C12H14F3N/c13-10-2-1-3-11(14)9(10)7-12(15)5-4-8(16)6-12/h1-3,8H,4-7,16H2. The third kappa shape index (κ3) is 2.21. The Morgan fingerprint density at radius 3 is 2.44 bits per heavy atom. The molecule has 2 rings (SSSR count). The second-order valence-electron chi connectivity index (χ2n) is 4.53. The molecule has 0 spiro atoms. The van der Waals surface area contributed by atoms with E-state index in [9.17, 15) is 13.2 Å².